The molecule has 0 radical (unpaired) electrons. The molecule has 1 aliphatic carbocycles. The van der Waals surface area contributed by atoms with E-state index >= 15 is 0 Å². The molecule has 96 valence electrons. The van der Waals surface area contributed by atoms with Gasteiger partial charge in [0.15, 0.2) is 0 Å². The van der Waals surface area contributed by atoms with Crippen molar-refractivity contribution in [1.29, 1.82) is 0 Å². The van der Waals surface area contributed by atoms with E-state index in [1.165, 1.54) is 18.5 Å². The van der Waals surface area contributed by atoms with E-state index in [0.29, 0.717) is 0 Å². The second-order valence-corrected chi connectivity index (χ2v) is 5.35. The number of nitrogens with zero attached hydrogens (tertiary/aromatic N) is 1. The van der Waals surface area contributed by atoms with Gasteiger partial charge in [-0.1, -0.05) is 6.07 Å². The van der Waals surface area contributed by atoms with Crippen molar-refractivity contribution in [2.75, 3.05) is 23.3 Å². The Kier molecular flexibility index (Phi) is 2.74. The lowest BCUT2D eigenvalue weighted by atomic mass is 10.2. The molecule has 0 bridgehead atoms. The molecule has 4 nitrogen and oxygen atoms in total. The van der Waals surface area contributed by atoms with Crippen LogP contribution in [0.1, 0.15) is 25.7 Å². The molecule has 0 aromatic heterocycles. The number of nitrogens with two attached hydrogens (primary N) is 1. The highest BCUT2D eigenvalue weighted by atomic mass is 16.2. The summed E-state index contributed by atoms with van der Waals surface area (Å²) in [6.07, 6.45) is 4.10. The van der Waals surface area contributed by atoms with E-state index in [1.54, 1.807) is 0 Å². The molecule has 2 aliphatic rings. The number of carbonyl (C=O) groups excluding carboxylic acids is 1. The van der Waals surface area contributed by atoms with Gasteiger partial charge in [0.05, 0.1) is 5.54 Å². The van der Waals surface area contributed by atoms with E-state index in [1.807, 2.05) is 18.2 Å². The molecule has 3 N–H and O–H groups in total. The Morgan fingerprint density at radius 1 is 1.28 bits per heavy atom. The van der Waals surface area contributed by atoms with Gasteiger partial charge in [-0.15, -0.1) is 0 Å². The maximum atomic E-state index is 11.9. The second kappa shape index (κ2) is 4.28. The average Bonchev–Trinajstić information content (AvgIpc) is 2.93. The first kappa shape index (κ1) is 11.5. The largest absolute Gasteiger partial charge is 0.371 e. The Labute approximate surface area is 107 Å². The van der Waals surface area contributed by atoms with Crippen LogP contribution in [0, 0.1) is 0 Å². The highest BCUT2D eigenvalue weighted by molar-refractivity contribution is 6.00. The predicted octanol–water partition coefficient (Wildman–Crippen LogP) is 1.72. The zero-order chi connectivity index (χ0) is 12.6. The minimum atomic E-state index is -0.607. The van der Waals surface area contributed by atoms with Crippen molar-refractivity contribution < 1.29 is 4.79 Å². The van der Waals surface area contributed by atoms with Crippen LogP contribution in [0.15, 0.2) is 24.3 Å². The Hall–Kier alpha value is -1.55. The number of hydrogen-bond acceptors (Lipinski definition) is 3. The summed E-state index contributed by atoms with van der Waals surface area (Å²) >= 11 is 0. The third kappa shape index (κ3) is 2.20. The molecule has 1 saturated heterocycles. The molecule has 3 rings (SSSR count). The normalized spacial score (nSPS) is 20.8. The van der Waals surface area contributed by atoms with Crippen LogP contribution in [0.2, 0.25) is 0 Å². The van der Waals surface area contributed by atoms with Crippen LogP contribution in [0.25, 0.3) is 0 Å². The highest BCUT2D eigenvalue weighted by Crippen LogP contribution is 2.33. The smallest absolute Gasteiger partial charge is 0.244 e. The Morgan fingerprint density at radius 2 is 2.00 bits per heavy atom. The number of benzene rings is 1. The summed E-state index contributed by atoms with van der Waals surface area (Å²) in [4.78, 5) is 14.2. The van der Waals surface area contributed by atoms with Crippen molar-refractivity contribution in [2.45, 2.75) is 31.2 Å². The van der Waals surface area contributed by atoms with Crippen molar-refractivity contribution in [3.63, 3.8) is 0 Å². The van der Waals surface area contributed by atoms with Gasteiger partial charge in [-0.2, -0.15) is 0 Å². The molecule has 1 amide bonds. The fraction of sp³-hybridized carbons (Fsp3) is 0.500. The molecule has 0 unspecified atom stereocenters. The zero-order valence-electron chi connectivity index (χ0n) is 10.5. The van der Waals surface area contributed by atoms with E-state index in [4.69, 9.17) is 5.73 Å². The van der Waals surface area contributed by atoms with E-state index in [9.17, 15) is 4.79 Å². The van der Waals surface area contributed by atoms with Gasteiger partial charge in [-0.05, 0) is 43.9 Å². The van der Waals surface area contributed by atoms with Crippen molar-refractivity contribution in [3.05, 3.63) is 24.3 Å². The lowest BCUT2D eigenvalue weighted by molar-refractivity contribution is -0.118. The van der Waals surface area contributed by atoms with Gasteiger partial charge in [0.2, 0.25) is 5.91 Å². The third-order valence-electron chi connectivity index (χ3n) is 3.82. The fourth-order valence-corrected chi connectivity index (χ4v) is 2.37. The molecule has 1 heterocycles. The topological polar surface area (TPSA) is 58.4 Å². The molecule has 0 spiro atoms. The van der Waals surface area contributed by atoms with Crippen LogP contribution in [0.5, 0.6) is 0 Å². The van der Waals surface area contributed by atoms with E-state index in [0.717, 1.165) is 31.6 Å². The lowest BCUT2D eigenvalue weighted by Crippen LogP contribution is -2.37. The molecular weight excluding hydrogens is 226 g/mol. The van der Waals surface area contributed by atoms with E-state index in [-0.39, 0.29) is 5.91 Å². The Bertz CT molecular complexity index is 462. The van der Waals surface area contributed by atoms with Crippen LogP contribution >= 0.6 is 0 Å². The van der Waals surface area contributed by atoms with Crippen molar-refractivity contribution in [1.82, 2.24) is 0 Å². The molecule has 1 aliphatic heterocycles. The van der Waals surface area contributed by atoms with E-state index < -0.39 is 5.54 Å². The van der Waals surface area contributed by atoms with Crippen molar-refractivity contribution >= 4 is 17.3 Å². The fourth-order valence-electron chi connectivity index (χ4n) is 2.37. The van der Waals surface area contributed by atoms with E-state index in [2.05, 4.69) is 16.3 Å². The molecule has 2 fully saturated rings. The second-order valence-electron chi connectivity index (χ2n) is 5.35. The highest BCUT2D eigenvalue weighted by Gasteiger charge is 2.45. The Balaban J connectivity index is 1.72. The first-order valence-corrected chi connectivity index (χ1v) is 6.63. The van der Waals surface area contributed by atoms with Crippen molar-refractivity contribution in [2.24, 2.45) is 5.73 Å². The molecule has 1 aromatic carbocycles. The number of rotatable bonds is 3. The molecular formula is C14H19N3O. The van der Waals surface area contributed by atoms with Gasteiger partial charge >= 0.3 is 0 Å². The lowest BCUT2D eigenvalue weighted by Gasteiger charge is -2.19. The van der Waals surface area contributed by atoms with Gasteiger partial charge in [-0.3, -0.25) is 4.79 Å². The summed E-state index contributed by atoms with van der Waals surface area (Å²) in [5.74, 6) is -0.0546. The minimum Gasteiger partial charge on any atom is -0.371 e. The standard InChI is InChI=1S/C14H19N3O/c15-14(6-7-14)13(18)16-11-4-3-5-12(10-11)17-8-1-2-9-17/h3-5,10H,1-2,6-9,15H2,(H,16,18). The SMILES string of the molecule is NC1(C(=O)Nc2cccc(N3CCCC3)c2)CC1. The minimum absolute atomic E-state index is 0.0546. The summed E-state index contributed by atoms with van der Waals surface area (Å²) in [5, 5.41) is 2.92. The number of nitrogens with one attached hydrogen (secondary N) is 1. The zero-order valence-corrected chi connectivity index (χ0v) is 10.5. The van der Waals surface area contributed by atoms with Crippen molar-refractivity contribution in [3.8, 4) is 0 Å². The number of carbonyl (C=O) groups is 1. The van der Waals surface area contributed by atoms with Gasteiger partial charge in [0.1, 0.15) is 0 Å². The molecule has 0 atom stereocenters. The molecule has 4 heteroatoms. The van der Waals surface area contributed by atoms with Crippen LogP contribution in [-0.4, -0.2) is 24.5 Å². The molecule has 18 heavy (non-hydrogen) atoms. The monoisotopic (exact) mass is 245 g/mol. The summed E-state index contributed by atoms with van der Waals surface area (Å²) in [6, 6.07) is 8.04. The summed E-state index contributed by atoms with van der Waals surface area (Å²) in [6.45, 7) is 2.22. The first-order valence-electron chi connectivity index (χ1n) is 6.63. The quantitative estimate of drug-likeness (QED) is 0.852. The van der Waals surface area contributed by atoms with Gasteiger partial charge in [-0.25, -0.2) is 0 Å². The number of hydrogen-bond donors (Lipinski definition) is 2. The van der Waals surface area contributed by atoms with Crippen LogP contribution in [0.3, 0.4) is 0 Å². The molecule has 1 saturated carbocycles. The number of anilines is 2. The first-order chi connectivity index (χ1) is 8.67. The summed E-state index contributed by atoms with van der Waals surface area (Å²) in [7, 11) is 0. The molecule has 1 aromatic rings. The van der Waals surface area contributed by atoms with Crippen LogP contribution in [-0.2, 0) is 4.79 Å². The predicted molar refractivity (Wildman–Crippen MR) is 72.7 cm³/mol. The summed E-state index contributed by atoms with van der Waals surface area (Å²) in [5.41, 5.74) is 7.30. The Morgan fingerprint density at radius 3 is 2.67 bits per heavy atom. The summed E-state index contributed by atoms with van der Waals surface area (Å²) < 4.78 is 0. The average molecular weight is 245 g/mol. The van der Waals surface area contributed by atoms with Gasteiger partial charge in [0.25, 0.3) is 0 Å². The van der Waals surface area contributed by atoms with Gasteiger partial charge < -0.3 is 16.0 Å². The van der Waals surface area contributed by atoms with Crippen LogP contribution in [0.4, 0.5) is 11.4 Å². The van der Waals surface area contributed by atoms with Gasteiger partial charge in [0, 0.05) is 24.5 Å². The maximum Gasteiger partial charge on any atom is 0.244 e. The maximum absolute atomic E-state index is 11.9. The van der Waals surface area contributed by atoms with Crippen LogP contribution < -0.4 is 16.0 Å². The third-order valence-corrected chi connectivity index (χ3v) is 3.82. The number of amides is 1.